The summed E-state index contributed by atoms with van der Waals surface area (Å²) in [6.45, 7) is 3.66. The van der Waals surface area contributed by atoms with Gasteiger partial charge >= 0.3 is 11.9 Å². The molecule has 3 atom stereocenters. The zero-order valence-electron chi connectivity index (χ0n) is 12.1. The smallest absolute Gasteiger partial charge is 0.331 e. The summed E-state index contributed by atoms with van der Waals surface area (Å²) in [5, 5.41) is 18.6. The minimum atomic E-state index is -1.03. The number of carboxylic acid groups (broad SMARTS) is 2. The van der Waals surface area contributed by atoms with Crippen LogP contribution in [0.5, 0.6) is 0 Å². The highest BCUT2D eigenvalue weighted by Crippen LogP contribution is 2.49. The number of nitrogens with zero attached hydrogens (tertiary/aromatic N) is 2. The molecule has 0 amide bonds. The Hall–Kier alpha value is -2.02. The van der Waals surface area contributed by atoms with Crippen molar-refractivity contribution in [3.8, 4) is 0 Å². The molecule has 2 heterocycles. The Bertz CT molecular complexity index is 659. The zero-order valence-corrected chi connectivity index (χ0v) is 12.9. The van der Waals surface area contributed by atoms with E-state index in [4.69, 9.17) is 0 Å². The molecule has 1 fully saturated rings. The maximum absolute atomic E-state index is 11.8. The normalized spacial score (nSPS) is 29.1. The topological polar surface area (TPSA) is 90.2 Å². The molecule has 0 radical (unpaired) electrons. The molecule has 0 saturated carbocycles. The average Bonchev–Trinajstić information content (AvgIpc) is 2.90. The summed E-state index contributed by atoms with van der Waals surface area (Å²) in [5.41, 5.74) is 0.737. The van der Waals surface area contributed by atoms with Crippen LogP contribution in [0.2, 0.25) is 0 Å². The molecule has 22 heavy (non-hydrogen) atoms. The molecule has 3 rings (SSSR count). The highest BCUT2D eigenvalue weighted by Gasteiger charge is 2.58. The first-order valence-corrected chi connectivity index (χ1v) is 7.76. The molecule has 7 heteroatoms. The van der Waals surface area contributed by atoms with E-state index in [1.54, 1.807) is 4.90 Å². The SMILES string of the molecule is CC1(C)S[C@@H]2[C@@H](C(=O)O)N=C(c3ccccc3)N2[C@H]1C(=O)O. The maximum Gasteiger partial charge on any atom is 0.331 e. The van der Waals surface area contributed by atoms with Crippen LogP contribution in [0.4, 0.5) is 0 Å². The minimum absolute atomic E-state index is 0.448. The predicted molar refractivity (Wildman–Crippen MR) is 83.1 cm³/mol. The van der Waals surface area contributed by atoms with Gasteiger partial charge in [-0.3, -0.25) is 0 Å². The molecule has 0 bridgehead atoms. The third-order valence-electron chi connectivity index (χ3n) is 3.93. The number of amidine groups is 1. The van der Waals surface area contributed by atoms with Gasteiger partial charge in [0.1, 0.15) is 17.3 Å². The Balaban J connectivity index is 2.11. The van der Waals surface area contributed by atoms with Crippen molar-refractivity contribution in [1.29, 1.82) is 0 Å². The van der Waals surface area contributed by atoms with Crippen molar-refractivity contribution in [3.05, 3.63) is 35.9 Å². The summed E-state index contributed by atoms with van der Waals surface area (Å²) < 4.78 is -0.597. The number of benzene rings is 1. The third-order valence-corrected chi connectivity index (χ3v) is 5.49. The third kappa shape index (κ3) is 2.16. The molecule has 2 aliphatic heterocycles. The van der Waals surface area contributed by atoms with Gasteiger partial charge in [-0.2, -0.15) is 0 Å². The minimum Gasteiger partial charge on any atom is -0.480 e. The van der Waals surface area contributed by atoms with Gasteiger partial charge in [0.05, 0.1) is 0 Å². The van der Waals surface area contributed by atoms with Gasteiger partial charge < -0.3 is 15.1 Å². The molecule has 1 aromatic carbocycles. The molecule has 0 aromatic heterocycles. The van der Waals surface area contributed by atoms with Crippen LogP contribution in [-0.4, -0.2) is 55.1 Å². The second-order valence-electron chi connectivity index (χ2n) is 5.86. The quantitative estimate of drug-likeness (QED) is 0.877. The molecule has 116 valence electrons. The van der Waals surface area contributed by atoms with E-state index in [0.29, 0.717) is 5.84 Å². The number of aliphatic imine (C=N–C) groups is 1. The fraction of sp³-hybridized carbons (Fsp3) is 0.400. The number of carbonyl (C=O) groups is 2. The van der Waals surface area contributed by atoms with E-state index >= 15 is 0 Å². The van der Waals surface area contributed by atoms with Crippen LogP contribution in [0.1, 0.15) is 19.4 Å². The number of carboxylic acids is 2. The molecule has 2 N–H and O–H groups in total. The van der Waals surface area contributed by atoms with Crippen LogP contribution in [0.25, 0.3) is 0 Å². The van der Waals surface area contributed by atoms with Crippen LogP contribution in [0.3, 0.4) is 0 Å². The van der Waals surface area contributed by atoms with Crippen LogP contribution in [0.15, 0.2) is 35.3 Å². The molecular weight excluding hydrogens is 304 g/mol. The van der Waals surface area contributed by atoms with E-state index in [9.17, 15) is 19.8 Å². The van der Waals surface area contributed by atoms with Crippen molar-refractivity contribution < 1.29 is 19.8 Å². The molecule has 0 spiro atoms. The van der Waals surface area contributed by atoms with Gasteiger partial charge in [-0.1, -0.05) is 30.3 Å². The van der Waals surface area contributed by atoms with Gasteiger partial charge in [0.2, 0.25) is 0 Å². The summed E-state index contributed by atoms with van der Waals surface area (Å²) in [7, 11) is 0. The van der Waals surface area contributed by atoms with E-state index in [0.717, 1.165) is 5.56 Å². The lowest BCUT2D eigenvalue weighted by atomic mass is 10.0. The van der Waals surface area contributed by atoms with E-state index in [-0.39, 0.29) is 0 Å². The molecule has 1 saturated heterocycles. The van der Waals surface area contributed by atoms with Crippen molar-refractivity contribution in [2.24, 2.45) is 4.99 Å². The predicted octanol–water partition coefficient (Wildman–Crippen LogP) is 1.51. The van der Waals surface area contributed by atoms with Crippen molar-refractivity contribution in [1.82, 2.24) is 4.90 Å². The number of thioether (sulfide) groups is 1. The Morgan fingerprint density at radius 3 is 2.36 bits per heavy atom. The summed E-state index contributed by atoms with van der Waals surface area (Å²) in [6, 6.07) is 7.36. The largest absolute Gasteiger partial charge is 0.480 e. The van der Waals surface area contributed by atoms with Crippen molar-refractivity contribution in [2.75, 3.05) is 0 Å². The molecule has 0 unspecified atom stereocenters. The Labute approximate surface area is 131 Å². The lowest BCUT2D eigenvalue weighted by Crippen LogP contribution is -2.50. The molecular formula is C15H16N2O4S. The average molecular weight is 320 g/mol. The first-order chi connectivity index (χ1) is 10.3. The number of rotatable bonds is 3. The monoisotopic (exact) mass is 320 g/mol. The van der Waals surface area contributed by atoms with Gasteiger partial charge in [0.25, 0.3) is 0 Å². The van der Waals surface area contributed by atoms with Gasteiger partial charge in [-0.05, 0) is 13.8 Å². The van der Waals surface area contributed by atoms with E-state index in [1.807, 2.05) is 44.2 Å². The molecule has 6 nitrogen and oxygen atoms in total. The molecule has 1 aromatic rings. The fourth-order valence-corrected chi connectivity index (χ4v) is 4.65. The van der Waals surface area contributed by atoms with Crippen LogP contribution in [-0.2, 0) is 9.59 Å². The van der Waals surface area contributed by atoms with E-state index < -0.39 is 34.1 Å². The number of hydrogen-bond donors (Lipinski definition) is 2. The van der Waals surface area contributed by atoms with Gasteiger partial charge in [0.15, 0.2) is 6.04 Å². The van der Waals surface area contributed by atoms with Crippen molar-refractivity contribution >= 4 is 29.5 Å². The summed E-state index contributed by atoms with van der Waals surface area (Å²) >= 11 is 1.36. The summed E-state index contributed by atoms with van der Waals surface area (Å²) in [6.07, 6.45) is 0. The molecule has 2 aliphatic rings. The Morgan fingerprint density at radius 1 is 1.18 bits per heavy atom. The number of aliphatic carboxylic acids is 2. The lowest BCUT2D eigenvalue weighted by molar-refractivity contribution is -0.143. The highest BCUT2D eigenvalue weighted by atomic mass is 32.2. The number of fused-ring (bicyclic) bond motifs is 1. The van der Waals surface area contributed by atoms with Crippen LogP contribution >= 0.6 is 11.8 Å². The second-order valence-corrected chi connectivity index (χ2v) is 7.63. The standard InChI is InChI=1S/C15H16N2O4S/c1-15(2)10(14(20)21)17-11(8-6-4-3-5-7-8)16-9(13(18)19)12(17)22-15/h3-7,9-10,12H,1-2H3,(H,18,19)(H,20,21)/t9-,10-,12+/m0/s1. The lowest BCUT2D eigenvalue weighted by Gasteiger charge is -2.29. The van der Waals surface area contributed by atoms with Crippen LogP contribution in [0, 0.1) is 0 Å². The first kappa shape index (κ1) is 14.9. The van der Waals surface area contributed by atoms with Gasteiger partial charge in [-0.25, -0.2) is 14.6 Å². The van der Waals surface area contributed by atoms with Gasteiger partial charge in [0, 0.05) is 10.3 Å². The van der Waals surface area contributed by atoms with Gasteiger partial charge in [-0.15, -0.1) is 11.8 Å². The van der Waals surface area contributed by atoms with Crippen molar-refractivity contribution in [3.63, 3.8) is 0 Å². The first-order valence-electron chi connectivity index (χ1n) is 6.88. The summed E-state index contributed by atoms with van der Waals surface area (Å²) in [4.78, 5) is 29.2. The van der Waals surface area contributed by atoms with Crippen LogP contribution < -0.4 is 0 Å². The van der Waals surface area contributed by atoms with E-state index in [1.165, 1.54) is 11.8 Å². The fourth-order valence-electron chi connectivity index (χ4n) is 3.04. The van der Waals surface area contributed by atoms with Crippen molar-refractivity contribution in [2.45, 2.75) is 36.1 Å². The zero-order chi connectivity index (χ0) is 16.1. The number of hydrogen-bond acceptors (Lipinski definition) is 5. The highest BCUT2D eigenvalue weighted by molar-refractivity contribution is 8.01. The van der Waals surface area contributed by atoms with E-state index in [2.05, 4.69) is 4.99 Å². The summed E-state index contributed by atoms with van der Waals surface area (Å²) in [5.74, 6) is -1.55. The Kier molecular flexibility index (Phi) is 3.40. The Morgan fingerprint density at radius 2 is 1.82 bits per heavy atom. The second kappa shape index (κ2) is 5.01. The maximum atomic E-state index is 11.8. The molecule has 0 aliphatic carbocycles.